The number of carbonyl (C=O) groups excluding carboxylic acids is 2. The van der Waals surface area contributed by atoms with E-state index in [2.05, 4.69) is 11.8 Å². The van der Waals surface area contributed by atoms with Crippen molar-refractivity contribution in [2.45, 2.75) is 116 Å². The van der Waals surface area contributed by atoms with Gasteiger partial charge in [-0.2, -0.15) is 0 Å². The second kappa shape index (κ2) is 19.0. The van der Waals surface area contributed by atoms with Crippen LogP contribution in [-0.4, -0.2) is 50.0 Å². The lowest BCUT2D eigenvalue weighted by molar-refractivity contribution is -0.497. The summed E-state index contributed by atoms with van der Waals surface area (Å²) in [6.45, 7) is 2.33. The van der Waals surface area contributed by atoms with Crippen LogP contribution >= 0.6 is 0 Å². The summed E-state index contributed by atoms with van der Waals surface area (Å²) in [5.74, 6) is -0.145. The summed E-state index contributed by atoms with van der Waals surface area (Å²) in [6, 6.07) is 7.05. The molecule has 1 aromatic carbocycles. The van der Waals surface area contributed by atoms with Gasteiger partial charge in [-0.25, -0.2) is 4.84 Å². The molecule has 39 heavy (non-hydrogen) atoms. The van der Waals surface area contributed by atoms with Crippen LogP contribution in [0.1, 0.15) is 102 Å². The molecule has 9 nitrogen and oxygen atoms in total. The first kappa shape index (κ1) is 33.1. The average molecular weight is 550 g/mol. The molecular formula is C30H47NO8. The Morgan fingerprint density at radius 3 is 2.23 bits per heavy atom. The van der Waals surface area contributed by atoms with E-state index in [0.717, 1.165) is 24.0 Å². The summed E-state index contributed by atoms with van der Waals surface area (Å²) in [6.07, 6.45) is 12.9. The molecule has 0 heterocycles. The van der Waals surface area contributed by atoms with Crippen molar-refractivity contribution in [1.82, 2.24) is 5.39 Å². The Hall–Kier alpha value is -2.14. The zero-order chi connectivity index (χ0) is 28.5. The summed E-state index contributed by atoms with van der Waals surface area (Å²) in [5, 5.41) is 37.7. The molecule has 4 N–H and O–H groups in total. The number of ketones is 1. The maximum atomic E-state index is 12.3. The van der Waals surface area contributed by atoms with Gasteiger partial charge in [0.1, 0.15) is 12.4 Å². The summed E-state index contributed by atoms with van der Waals surface area (Å²) < 4.78 is 5.31. The molecule has 0 unspecified atom stereocenters. The largest absolute Gasteiger partial charge is 0.461 e. The lowest BCUT2D eigenvalue weighted by Crippen LogP contribution is -2.22. The molecule has 1 aliphatic rings. The van der Waals surface area contributed by atoms with Gasteiger partial charge < -0.3 is 14.9 Å². The van der Waals surface area contributed by atoms with Crippen LogP contribution in [0.2, 0.25) is 0 Å². The molecule has 0 aromatic heterocycles. The van der Waals surface area contributed by atoms with Crippen molar-refractivity contribution in [2.24, 2.45) is 11.8 Å². The van der Waals surface area contributed by atoms with Crippen LogP contribution in [0.4, 0.5) is 0 Å². The predicted molar refractivity (Wildman–Crippen MR) is 145 cm³/mol. The third-order valence-corrected chi connectivity index (χ3v) is 7.43. The van der Waals surface area contributed by atoms with Gasteiger partial charge in [-0.15, -0.1) is 0 Å². The first-order chi connectivity index (χ1) is 18.8. The number of ether oxygens (including phenoxy) is 1. The molecular weight excluding hydrogens is 502 g/mol. The second-order valence-electron chi connectivity index (χ2n) is 10.5. The molecule has 1 saturated carbocycles. The molecule has 1 aromatic rings. The Labute approximate surface area is 232 Å². The van der Waals surface area contributed by atoms with Gasteiger partial charge >= 0.3 is 5.97 Å². The fraction of sp³-hybridized carbons (Fsp3) is 0.667. The van der Waals surface area contributed by atoms with Crippen LogP contribution in [0.25, 0.3) is 0 Å². The Morgan fingerprint density at radius 1 is 0.872 bits per heavy atom. The number of esters is 1. The minimum atomic E-state index is -0.568. The van der Waals surface area contributed by atoms with E-state index in [-0.39, 0.29) is 42.2 Å². The maximum Gasteiger partial charge on any atom is 0.306 e. The van der Waals surface area contributed by atoms with Crippen molar-refractivity contribution in [2.75, 3.05) is 0 Å². The number of hydrogen-bond acceptors (Lipinski definition) is 9. The summed E-state index contributed by atoms with van der Waals surface area (Å²) in [5.41, 5.74) is 1.55. The number of carbonyl (C=O) groups is 2. The quantitative estimate of drug-likeness (QED) is 0.0726. The maximum absolute atomic E-state index is 12.3. The van der Waals surface area contributed by atoms with Gasteiger partial charge in [-0.3, -0.25) is 20.0 Å². The van der Waals surface area contributed by atoms with Crippen molar-refractivity contribution in [3.05, 3.63) is 47.5 Å². The predicted octanol–water partition coefficient (Wildman–Crippen LogP) is 5.43. The highest BCUT2D eigenvalue weighted by atomic mass is 17.1. The van der Waals surface area contributed by atoms with Crippen LogP contribution < -0.4 is 0 Å². The molecule has 0 saturated heterocycles. The number of allylic oxidation sites excluding steroid dienone is 2. The third-order valence-electron chi connectivity index (χ3n) is 7.43. The molecule has 0 spiro atoms. The molecule has 9 heteroatoms. The minimum absolute atomic E-state index is 0.000456. The van der Waals surface area contributed by atoms with Crippen LogP contribution in [0, 0.1) is 11.8 Å². The molecule has 1 fully saturated rings. The number of rotatable bonds is 20. The molecule has 0 amide bonds. The molecule has 0 radical (unpaired) electrons. The number of Topliss-reactive ketones (excluding diaryl/α,β-unsaturated/α-hetero) is 1. The fourth-order valence-corrected chi connectivity index (χ4v) is 5.12. The van der Waals surface area contributed by atoms with Crippen molar-refractivity contribution >= 4 is 11.8 Å². The van der Waals surface area contributed by atoms with E-state index in [1.807, 2.05) is 12.2 Å². The minimum Gasteiger partial charge on any atom is -0.461 e. The van der Waals surface area contributed by atoms with Gasteiger partial charge in [0.25, 0.3) is 0 Å². The van der Waals surface area contributed by atoms with E-state index in [4.69, 9.17) is 15.2 Å². The number of aliphatic hydroxyl groups excluding tert-OH is 2. The number of benzene rings is 1. The lowest BCUT2D eigenvalue weighted by Gasteiger charge is -2.22. The number of unbranched alkanes of at least 4 members (excludes halogenated alkanes) is 5. The van der Waals surface area contributed by atoms with Crippen LogP contribution in [0.15, 0.2) is 36.4 Å². The van der Waals surface area contributed by atoms with Gasteiger partial charge in [-0.1, -0.05) is 69.0 Å². The Balaban J connectivity index is 1.61. The third kappa shape index (κ3) is 13.7. The van der Waals surface area contributed by atoms with Gasteiger partial charge in [0.05, 0.1) is 24.2 Å². The van der Waals surface area contributed by atoms with Gasteiger partial charge in [-0.05, 0) is 61.5 Å². The van der Waals surface area contributed by atoms with Crippen molar-refractivity contribution in [3.8, 4) is 0 Å². The van der Waals surface area contributed by atoms with Gasteiger partial charge in [0, 0.05) is 19.3 Å². The van der Waals surface area contributed by atoms with E-state index in [1.165, 1.54) is 19.3 Å². The van der Waals surface area contributed by atoms with E-state index in [9.17, 15) is 19.8 Å². The summed E-state index contributed by atoms with van der Waals surface area (Å²) in [7, 11) is 0. The standard InChI is InChI=1S/C30H47NO8/c1-2-3-4-5-8-11-25(32)18-19-27-26(28(33)20-29(27)34)12-9-6-7-10-13-30(35)38-21-23-14-16-24(17-15-23)22-39-31(36)37/h6,9,14-17,26-29,33-34,36-37H,2-5,7-8,10-13,18-22H2,1H3/b9-6-/t26-,27-,28+,29-/m1/s1. The van der Waals surface area contributed by atoms with E-state index >= 15 is 0 Å². The summed E-state index contributed by atoms with van der Waals surface area (Å²) in [4.78, 5) is 28.9. The first-order valence-corrected chi connectivity index (χ1v) is 14.4. The van der Waals surface area contributed by atoms with E-state index in [0.29, 0.717) is 51.4 Å². The number of nitrogens with zero attached hydrogens (tertiary/aromatic N) is 1. The van der Waals surface area contributed by atoms with Crippen molar-refractivity contribution in [3.63, 3.8) is 0 Å². The Bertz CT molecular complexity index is 857. The zero-order valence-electron chi connectivity index (χ0n) is 23.2. The first-order valence-electron chi connectivity index (χ1n) is 14.4. The molecule has 0 aliphatic heterocycles. The van der Waals surface area contributed by atoms with Gasteiger partial charge in [0.2, 0.25) is 0 Å². The van der Waals surface area contributed by atoms with Crippen molar-refractivity contribution in [1.29, 1.82) is 0 Å². The normalized spacial score (nSPS) is 21.2. The molecule has 220 valence electrons. The molecule has 4 atom stereocenters. The topological polar surface area (TPSA) is 137 Å². The summed E-state index contributed by atoms with van der Waals surface area (Å²) >= 11 is 0. The van der Waals surface area contributed by atoms with Crippen molar-refractivity contribution < 1.29 is 39.8 Å². The highest BCUT2D eigenvalue weighted by Gasteiger charge is 2.40. The number of hydrogen-bond donors (Lipinski definition) is 4. The van der Waals surface area contributed by atoms with Crippen LogP contribution in [0.5, 0.6) is 0 Å². The van der Waals surface area contributed by atoms with E-state index in [1.54, 1.807) is 24.3 Å². The Kier molecular flexibility index (Phi) is 16.1. The van der Waals surface area contributed by atoms with Crippen LogP contribution in [-0.2, 0) is 32.4 Å². The average Bonchev–Trinajstić information content (AvgIpc) is 3.18. The molecule has 0 bridgehead atoms. The zero-order valence-corrected chi connectivity index (χ0v) is 23.2. The second-order valence-corrected chi connectivity index (χ2v) is 10.5. The SMILES string of the molecule is CCCCCCCC(=O)CC[C@@H]1[C@@H](C/C=C\CCCC(=O)OCc2ccc(CON(O)O)cc2)[C@@H](O)C[C@H]1O. The number of aliphatic hydroxyl groups is 2. The van der Waals surface area contributed by atoms with E-state index < -0.39 is 12.2 Å². The Morgan fingerprint density at radius 2 is 1.54 bits per heavy atom. The van der Waals surface area contributed by atoms with Crippen LogP contribution in [0.3, 0.4) is 0 Å². The lowest BCUT2D eigenvalue weighted by atomic mass is 9.86. The van der Waals surface area contributed by atoms with Gasteiger partial charge in [0.15, 0.2) is 0 Å². The monoisotopic (exact) mass is 549 g/mol. The fourth-order valence-electron chi connectivity index (χ4n) is 5.12. The highest BCUT2D eigenvalue weighted by Crippen LogP contribution is 2.38. The highest BCUT2D eigenvalue weighted by molar-refractivity contribution is 5.78. The smallest absolute Gasteiger partial charge is 0.306 e. The molecule has 1 aliphatic carbocycles. The molecule has 2 rings (SSSR count).